The van der Waals surface area contributed by atoms with Crippen LogP contribution in [0.1, 0.15) is 18.4 Å². The number of pyridine rings is 1. The standard InChI is InChI=1S/C23H21ClFN3O3S/c24-22-11-6-18(15-26-22)17-4-1-3-16(13-17)14-27-23(29)21-5-2-12-28(21)32(30,31)20-9-7-19(25)8-10-20/h1,3-4,6-11,13,15,21H,2,5,12,14H2,(H,27,29). The lowest BCUT2D eigenvalue weighted by Crippen LogP contribution is -2.45. The average Bonchev–Trinajstić information content (AvgIpc) is 3.30. The van der Waals surface area contributed by atoms with E-state index in [1.165, 1.54) is 16.4 Å². The van der Waals surface area contributed by atoms with E-state index in [9.17, 15) is 17.6 Å². The fourth-order valence-electron chi connectivity index (χ4n) is 3.75. The number of rotatable bonds is 6. The van der Waals surface area contributed by atoms with E-state index in [0.717, 1.165) is 28.8 Å². The molecule has 1 saturated heterocycles. The molecule has 2 heterocycles. The van der Waals surface area contributed by atoms with Gasteiger partial charge in [0, 0.05) is 24.8 Å². The van der Waals surface area contributed by atoms with E-state index < -0.39 is 21.9 Å². The van der Waals surface area contributed by atoms with Crippen LogP contribution in [0.15, 0.2) is 71.8 Å². The summed E-state index contributed by atoms with van der Waals surface area (Å²) in [6.45, 7) is 0.505. The maximum atomic E-state index is 13.2. The molecule has 1 unspecified atom stereocenters. The molecule has 1 atom stereocenters. The molecule has 1 amide bonds. The first-order valence-corrected chi connectivity index (χ1v) is 11.9. The highest BCUT2D eigenvalue weighted by molar-refractivity contribution is 7.89. The summed E-state index contributed by atoms with van der Waals surface area (Å²) in [6.07, 6.45) is 2.69. The van der Waals surface area contributed by atoms with Crippen molar-refractivity contribution in [2.24, 2.45) is 0 Å². The topological polar surface area (TPSA) is 79.4 Å². The molecule has 0 spiro atoms. The average molecular weight is 474 g/mol. The van der Waals surface area contributed by atoms with Gasteiger partial charge in [0.05, 0.1) is 4.90 Å². The van der Waals surface area contributed by atoms with Crippen molar-refractivity contribution in [1.29, 1.82) is 0 Å². The lowest BCUT2D eigenvalue weighted by atomic mass is 10.0. The molecule has 0 aliphatic carbocycles. The van der Waals surface area contributed by atoms with Gasteiger partial charge in [-0.15, -0.1) is 0 Å². The zero-order chi connectivity index (χ0) is 22.7. The summed E-state index contributed by atoms with van der Waals surface area (Å²) in [6, 6.07) is 15.0. The van der Waals surface area contributed by atoms with Crippen LogP contribution in [0.25, 0.3) is 11.1 Å². The normalized spacial score (nSPS) is 16.8. The van der Waals surface area contributed by atoms with E-state index in [4.69, 9.17) is 11.6 Å². The molecule has 3 aromatic rings. The van der Waals surface area contributed by atoms with Gasteiger partial charge in [-0.25, -0.2) is 17.8 Å². The second-order valence-corrected chi connectivity index (χ2v) is 9.79. The predicted molar refractivity (Wildman–Crippen MR) is 120 cm³/mol. The van der Waals surface area contributed by atoms with Crippen LogP contribution in [0.5, 0.6) is 0 Å². The molecule has 1 N–H and O–H groups in total. The van der Waals surface area contributed by atoms with Crippen molar-refractivity contribution in [2.45, 2.75) is 30.3 Å². The number of benzene rings is 2. The van der Waals surface area contributed by atoms with Crippen LogP contribution in [0, 0.1) is 5.82 Å². The minimum atomic E-state index is -3.89. The van der Waals surface area contributed by atoms with Crippen molar-refractivity contribution in [3.63, 3.8) is 0 Å². The predicted octanol–water partition coefficient (Wildman–Crippen LogP) is 4.01. The lowest BCUT2D eigenvalue weighted by Gasteiger charge is -2.23. The maximum absolute atomic E-state index is 13.2. The van der Waals surface area contributed by atoms with Crippen molar-refractivity contribution in [3.8, 4) is 11.1 Å². The highest BCUT2D eigenvalue weighted by atomic mass is 35.5. The lowest BCUT2D eigenvalue weighted by molar-refractivity contribution is -0.124. The van der Waals surface area contributed by atoms with Crippen molar-refractivity contribution >= 4 is 27.5 Å². The van der Waals surface area contributed by atoms with Crippen molar-refractivity contribution < 1.29 is 17.6 Å². The van der Waals surface area contributed by atoms with E-state index in [-0.39, 0.29) is 23.9 Å². The van der Waals surface area contributed by atoms with Gasteiger partial charge in [0.2, 0.25) is 15.9 Å². The summed E-state index contributed by atoms with van der Waals surface area (Å²) >= 11 is 5.84. The molecule has 0 bridgehead atoms. The monoisotopic (exact) mass is 473 g/mol. The third-order valence-electron chi connectivity index (χ3n) is 5.38. The molecule has 1 fully saturated rings. The third kappa shape index (κ3) is 4.82. The van der Waals surface area contributed by atoms with Crippen molar-refractivity contribution in [3.05, 3.63) is 83.4 Å². The van der Waals surface area contributed by atoms with Crippen LogP contribution in [-0.4, -0.2) is 36.2 Å². The molecule has 1 aliphatic rings. The zero-order valence-corrected chi connectivity index (χ0v) is 18.6. The number of nitrogens with zero attached hydrogens (tertiary/aromatic N) is 2. The van der Waals surface area contributed by atoms with Crippen LogP contribution < -0.4 is 5.32 Å². The summed E-state index contributed by atoms with van der Waals surface area (Å²) in [5.41, 5.74) is 2.70. The fraction of sp³-hybridized carbons (Fsp3) is 0.217. The molecule has 4 rings (SSSR count). The molecule has 0 radical (unpaired) electrons. The van der Waals surface area contributed by atoms with E-state index in [2.05, 4.69) is 10.3 Å². The smallest absolute Gasteiger partial charge is 0.243 e. The Morgan fingerprint density at radius 1 is 1.12 bits per heavy atom. The van der Waals surface area contributed by atoms with Crippen molar-refractivity contribution in [2.75, 3.05) is 6.54 Å². The third-order valence-corrected chi connectivity index (χ3v) is 7.53. The number of halogens is 2. The molecule has 32 heavy (non-hydrogen) atoms. The van der Waals surface area contributed by atoms with E-state index >= 15 is 0 Å². The number of carbonyl (C=O) groups is 1. The largest absolute Gasteiger partial charge is 0.351 e. The number of nitrogens with one attached hydrogen (secondary N) is 1. The van der Waals surface area contributed by atoms with E-state index in [0.29, 0.717) is 18.0 Å². The van der Waals surface area contributed by atoms with E-state index in [1.807, 2.05) is 30.3 Å². The molecule has 166 valence electrons. The van der Waals surface area contributed by atoms with Gasteiger partial charge >= 0.3 is 0 Å². The van der Waals surface area contributed by atoms with Crippen LogP contribution >= 0.6 is 11.6 Å². The van der Waals surface area contributed by atoms with Gasteiger partial charge in [0.15, 0.2) is 0 Å². The number of sulfonamides is 1. The molecule has 9 heteroatoms. The summed E-state index contributed by atoms with van der Waals surface area (Å²) in [5, 5.41) is 3.26. The van der Waals surface area contributed by atoms with Gasteiger partial charge in [-0.1, -0.05) is 29.8 Å². The fourth-order valence-corrected chi connectivity index (χ4v) is 5.51. The SMILES string of the molecule is O=C(NCc1cccc(-c2ccc(Cl)nc2)c1)C1CCCN1S(=O)(=O)c1ccc(F)cc1. The first-order chi connectivity index (χ1) is 15.3. The van der Waals surface area contributed by atoms with Crippen LogP contribution in [0.3, 0.4) is 0 Å². The highest BCUT2D eigenvalue weighted by Gasteiger charge is 2.39. The Kier molecular flexibility index (Phi) is 6.55. The second-order valence-electron chi connectivity index (χ2n) is 7.52. The van der Waals surface area contributed by atoms with Crippen LogP contribution in [0.2, 0.25) is 5.15 Å². The molecule has 1 aromatic heterocycles. The second kappa shape index (κ2) is 9.36. The highest BCUT2D eigenvalue weighted by Crippen LogP contribution is 2.27. The van der Waals surface area contributed by atoms with Crippen LogP contribution in [-0.2, 0) is 21.4 Å². The number of amides is 1. The van der Waals surface area contributed by atoms with Gasteiger partial charge in [-0.3, -0.25) is 4.79 Å². The van der Waals surface area contributed by atoms with Gasteiger partial charge < -0.3 is 5.32 Å². The summed E-state index contributed by atoms with van der Waals surface area (Å²) in [7, 11) is -3.89. The Morgan fingerprint density at radius 2 is 1.91 bits per heavy atom. The van der Waals surface area contributed by atoms with Gasteiger partial charge in [0.25, 0.3) is 0 Å². The van der Waals surface area contributed by atoms with Crippen molar-refractivity contribution in [1.82, 2.24) is 14.6 Å². The molecule has 0 saturated carbocycles. The number of aromatic nitrogens is 1. The van der Waals surface area contributed by atoms with Gasteiger partial charge in [0.1, 0.15) is 17.0 Å². The van der Waals surface area contributed by atoms with Crippen LogP contribution in [0.4, 0.5) is 4.39 Å². The Bertz CT molecular complexity index is 1220. The first-order valence-electron chi connectivity index (χ1n) is 10.1. The van der Waals surface area contributed by atoms with Gasteiger partial charge in [-0.2, -0.15) is 4.31 Å². The van der Waals surface area contributed by atoms with Gasteiger partial charge in [-0.05, 0) is 66.4 Å². The number of hydrogen-bond acceptors (Lipinski definition) is 4. The Balaban J connectivity index is 1.45. The minimum Gasteiger partial charge on any atom is -0.351 e. The summed E-state index contributed by atoms with van der Waals surface area (Å²) < 4.78 is 40.3. The molecule has 6 nitrogen and oxygen atoms in total. The molecular weight excluding hydrogens is 453 g/mol. The quantitative estimate of drug-likeness (QED) is 0.548. The minimum absolute atomic E-state index is 0.0251. The first kappa shape index (κ1) is 22.4. The Morgan fingerprint density at radius 3 is 2.62 bits per heavy atom. The molecule has 1 aliphatic heterocycles. The summed E-state index contributed by atoms with van der Waals surface area (Å²) in [4.78, 5) is 16.9. The summed E-state index contributed by atoms with van der Waals surface area (Å²) in [5.74, 6) is -0.872. The molecule has 2 aromatic carbocycles. The van der Waals surface area contributed by atoms with E-state index in [1.54, 1.807) is 12.3 Å². The number of hydrogen-bond donors (Lipinski definition) is 1. The zero-order valence-electron chi connectivity index (χ0n) is 17.0. The number of carbonyl (C=O) groups excluding carboxylic acids is 1. The Hall–Kier alpha value is -2.81. The molecular formula is C23H21ClFN3O3S. The maximum Gasteiger partial charge on any atom is 0.243 e. The Labute approximate surface area is 191 Å².